The number of nitrogens with one attached hydrogen (secondary N) is 1. The molecule has 0 radical (unpaired) electrons. The van der Waals surface area contributed by atoms with Crippen molar-refractivity contribution in [3.63, 3.8) is 0 Å². The molecule has 0 aliphatic carbocycles. The second kappa shape index (κ2) is 4.67. The maximum Gasteiger partial charge on any atom is 0.127 e. The maximum atomic E-state index is 6.18. The molecular formula is C14H14ClNO2. The van der Waals surface area contributed by atoms with E-state index in [4.69, 9.17) is 20.8 Å². The second-order valence-corrected chi connectivity index (χ2v) is 4.80. The predicted octanol–water partition coefficient (Wildman–Crippen LogP) is 3.18. The molecule has 1 aromatic heterocycles. The van der Waals surface area contributed by atoms with Gasteiger partial charge >= 0.3 is 0 Å². The lowest BCUT2D eigenvalue weighted by atomic mass is 9.98. The number of hydrogen-bond donors (Lipinski definition) is 1. The summed E-state index contributed by atoms with van der Waals surface area (Å²) < 4.78 is 10.9. The quantitative estimate of drug-likeness (QED) is 0.924. The van der Waals surface area contributed by atoms with Gasteiger partial charge in [0.25, 0.3) is 0 Å². The number of hydrogen-bond acceptors (Lipinski definition) is 3. The van der Waals surface area contributed by atoms with Crippen LogP contribution in [-0.2, 0) is 6.42 Å². The van der Waals surface area contributed by atoms with Gasteiger partial charge in [0.1, 0.15) is 5.75 Å². The van der Waals surface area contributed by atoms with Crippen LogP contribution in [0, 0.1) is 0 Å². The zero-order valence-electron chi connectivity index (χ0n) is 10.1. The van der Waals surface area contributed by atoms with Crippen LogP contribution in [0.1, 0.15) is 22.7 Å². The molecule has 3 nitrogen and oxygen atoms in total. The zero-order chi connectivity index (χ0) is 12.5. The highest BCUT2D eigenvalue weighted by Crippen LogP contribution is 2.38. The molecule has 3 rings (SSSR count). The van der Waals surface area contributed by atoms with Crippen LogP contribution in [0.15, 0.2) is 35.1 Å². The minimum absolute atomic E-state index is 0.0364. The first-order valence-corrected chi connectivity index (χ1v) is 6.32. The summed E-state index contributed by atoms with van der Waals surface area (Å²) in [6.07, 6.45) is 4.33. The van der Waals surface area contributed by atoms with Gasteiger partial charge < -0.3 is 14.5 Å². The maximum absolute atomic E-state index is 6.18. The standard InChI is InChI=1S/C14H14ClNO2/c1-16-13(10-2-4-17-8-10)12-7-11(15)6-9-3-5-18-14(9)12/h2,4,6-8,13,16H,3,5H2,1H3. The normalized spacial score (nSPS) is 15.2. The van der Waals surface area contributed by atoms with Crippen molar-refractivity contribution in [2.24, 2.45) is 0 Å². The van der Waals surface area contributed by atoms with Gasteiger partial charge in [-0.3, -0.25) is 0 Å². The van der Waals surface area contributed by atoms with E-state index < -0.39 is 0 Å². The van der Waals surface area contributed by atoms with Gasteiger partial charge in [-0.2, -0.15) is 0 Å². The molecule has 0 amide bonds. The van der Waals surface area contributed by atoms with E-state index in [9.17, 15) is 0 Å². The fraction of sp³-hybridized carbons (Fsp3) is 0.286. The van der Waals surface area contributed by atoms with Crippen molar-refractivity contribution in [3.8, 4) is 5.75 Å². The monoisotopic (exact) mass is 263 g/mol. The van der Waals surface area contributed by atoms with Crippen molar-refractivity contribution in [1.29, 1.82) is 0 Å². The fourth-order valence-corrected chi connectivity index (χ4v) is 2.70. The molecule has 2 aromatic rings. The summed E-state index contributed by atoms with van der Waals surface area (Å²) >= 11 is 6.18. The second-order valence-electron chi connectivity index (χ2n) is 4.36. The summed E-state index contributed by atoms with van der Waals surface area (Å²) in [6, 6.07) is 5.92. The topological polar surface area (TPSA) is 34.4 Å². The van der Waals surface area contributed by atoms with Gasteiger partial charge in [0.05, 0.1) is 25.2 Å². The molecule has 18 heavy (non-hydrogen) atoms. The third-order valence-electron chi connectivity index (χ3n) is 3.25. The van der Waals surface area contributed by atoms with Crippen molar-refractivity contribution in [2.45, 2.75) is 12.5 Å². The van der Waals surface area contributed by atoms with Crippen LogP contribution in [0.2, 0.25) is 5.02 Å². The Balaban J connectivity index is 2.10. The van der Waals surface area contributed by atoms with Crippen LogP contribution < -0.4 is 10.1 Å². The van der Waals surface area contributed by atoms with Gasteiger partial charge in [0, 0.05) is 22.6 Å². The van der Waals surface area contributed by atoms with Gasteiger partial charge in [0.15, 0.2) is 0 Å². The van der Waals surface area contributed by atoms with Crippen LogP contribution in [0.4, 0.5) is 0 Å². The van der Waals surface area contributed by atoms with Crippen molar-refractivity contribution < 1.29 is 9.15 Å². The Morgan fingerprint density at radius 3 is 3.00 bits per heavy atom. The van der Waals surface area contributed by atoms with E-state index in [-0.39, 0.29) is 6.04 Å². The number of fused-ring (bicyclic) bond motifs is 1. The Morgan fingerprint density at radius 2 is 2.28 bits per heavy atom. The SMILES string of the molecule is CNC(c1ccoc1)c1cc(Cl)cc2c1OCC2. The molecule has 1 aliphatic rings. The Morgan fingerprint density at radius 1 is 1.39 bits per heavy atom. The van der Waals surface area contributed by atoms with Gasteiger partial charge in [-0.25, -0.2) is 0 Å². The van der Waals surface area contributed by atoms with Crippen LogP contribution in [-0.4, -0.2) is 13.7 Å². The van der Waals surface area contributed by atoms with Crippen LogP contribution >= 0.6 is 11.6 Å². The average molecular weight is 264 g/mol. The lowest BCUT2D eigenvalue weighted by Gasteiger charge is -2.18. The van der Waals surface area contributed by atoms with E-state index in [1.54, 1.807) is 12.5 Å². The molecule has 1 unspecified atom stereocenters. The van der Waals surface area contributed by atoms with Gasteiger partial charge in [-0.1, -0.05) is 11.6 Å². The number of benzene rings is 1. The van der Waals surface area contributed by atoms with Crippen LogP contribution in [0.3, 0.4) is 0 Å². The summed E-state index contributed by atoms with van der Waals surface area (Å²) in [5, 5.41) is 4.03. The molecule has 1 atom stereocenters. The summed E-state index contributed by atoms with van der Waals surface area (Å²) in [7, 11) is 1.92. The molecule has 0 saturated carbocycles. The first kappa shape index (κ1) is 11.6. The van der Waals surface area contributed by atoms with Crippen LogP contribution in [0.5, 0.6) is 5.75 Å². The molecule has 1 N–H and O–H groups in total. The van der Waals surface area contributed by atoms with Crippen molar-refractivity contribution in [2.75, 3.05) is 13.7 Å². The number of halogens is 1. The van der Waals surface area contributed by atoms with Gasteiger partial charge in [-0.05, 0) is 30.8 Å². The molecule has 0 fully saturated rings. The van der Waals surface area contributed by atoms with Gasteiger partial charge in [-0.15, -0.1) is 0 Å². The Bertz CT molecular complexity index is 551. The molecule has 0 saturated heterocycles. The molecule has 0 bridgehead atoms. The lowest BCUT2D eigenvalue weighted by Crippen LogP contribution is -2.17. The number of furan rings is 1. The van der Waals surface area contributed by atoms with Gasteiger partial charge in [0.2, 0.25) is 0 Å². The van der Waals surface area contributed by atoms with E-state index >= 15 is 0 Å². The largest absolute Gasteiger partial charge is 0.493 e. The molecule has 1 aromatic carbocycles. The number of ether oxygens (including phenoxy) is 1. The molecule has 4 heteroatoms. The lowest BCUT2D eigenvalue weighted by molar-refractivity contribution is 0.351. The van der Waals surface area contributed by atoms with Crippen molar-refractivity contribution >= 4 is 11.6 Å². The Kier molecular flexibility index (Phi) is 3.02. The summed E-state index contributed by atoms with van der Waals surface area (Å²) in [5.74, 6) is 0.958. The van der Waals surface area contributed by atoms with E-state index in [2.05, 4.69) is 5.32 Å². The third kappa shape index (κ3) is 1.89. The first-order valence-electron chi connectivity index (χ1n) is 5.94. The van der Waals surface area contributed by atoms with E-state index in [1.807, 2.05) is 25.2 Å². The van der Waals surface area contributed by atoms with Crippen molar-refractivity contribution in [1.82, 2.24) is 5.32 Å². The smallest absolute Gasteiger partial charge is 0.127 e. The first-order chi connectivity index (χ1) is 8.79. The minimum Gasteiger partial charge on any atom is -0.493 e. The fourth-order valence-electron chi connectivity index (χ4n) is 2.45. The molecule has 0 spiro atoms. The molecular weight excluding hydrogens is 250 g/mol. The van der Waals surface area contributed by atoms with E-state index in [0.29, 0.717) is 0 Å². The number of rotatable bonds is 3. The molecule has 1 aliphatic heterocycles. The molecule has 94 valence electrons. The van der Waals surface area contributed by atoms with Crippen LogP contribution in [0.25, 0.3) is 0 Å². The van der Waals surface area contributed by atoms with E-state index in [0.717, 1.165) is 34.9 Å². The predicted molar refractivity (Wildman–Crippen MR) is 70.3 cm³/mol. The highest BCUT2D eigenvalue weighted by atomic mass is 35.5. The average Bonchev–Trinajstić information content (AvgIpc) is 2.99. The third-order valence-corrected chi connectivity index (χ3v) is 3.47. The summed E-state index contributed by atoms with van der Waals surface area (Å²) in [6.45, 7) is 0.727. The Hall–Kier alpha value is -1.45. The summed E-state index contributed by atoms with van der Waals surface area (Å²) in [5.41, 5.74) is 3.32. The van der Waals surface area contributed by atoms with E-state index in [1.165, 1.54) is 5.56 Å². The Labute approximate surface area is 111 Å². The van der Waals surface area contributed by atoms with Crippen molar-refractivity contribution in [3.05, 3.63) is 52.4 Å². The highest BCUT2D eigenvalue weighted by molar-refractivity contribution is 6.30. The highest BCUT2D eigenvalue weighted by Gasteiger charge is 2.24. The zero-order valence-corrected chi connectivity index (χ0v) is 10.8. The minimum atomic E-state index is 0.0364. The molecule has 2 heterocycles. The summed E-state index contributed by atoms with van der Waals surface area (Å²) in [4.78, 5) is 0.